The molecule has 0 bridgehead atoms. The predicted molar refractivity (Wildman–Crippen MR) is 84.1 cm³/mol. The lowest BCUT2D eigenvalue weighted by atomic mass is 10.2. The van der Waals surface area contributed by atoms with Gasteiger partial charge in [-0.1, -0.05) is 6.07 Å². The highest BCUT2D eigenvalue weighted by molar-refractivity contribution is 9.11. The van der Waals surface area contributed by atoms with Gasteiger partial charge in [0.05, 0.1) is 14.7 Å². The highest BCUT2D eigenvalue weighted by atomic mass is 79.9. The van der Waals surface area contributed by atoms with Crippen molar-refractivity contribution in [2.24, 2.45) is 0 Å². The lowest BCUT2D eigenvalue weighted by molar-refractivity contribution is 0.0743. The summed E-state index contributed by atoms with van der Waals surface area (Å²) in [4.78, 5) is 16.8. The van der Waals surface area contributed by atoms with E-state index in [9.17, 15) is 4.79 Å². The number of rotatable bonds is 2. The average Bonchev–Trinajstić information content (AvgIpc) is 3.09. The van der Waals surface area contributed by atoms with Crippen molar-refractivity contribution in [3.05, 3.63) is 42.7 Å². The van der Waals surface area contributed by atoms with Gasteiger partial charge >= 0.3 is 0 Å². The van der Waals surface area contributed by atoms with Crippen molar-refractivity contribution in [1.29, 1.82) is 0 Å². The molecule has 2 aromatic rings. The van der Waals surface area contributed by atoms with Crippen LogP contribution in [-0.4, -0.2) is 17.4 Å². The Labute approximate surface area is 129 Å². The van der Waals surface area contributed by atoms with Crippen LogP contribution in [0.3, 0.4) is 0 Å². The van der Waals surface area contributed by atoms with Gasteiger partial charge in [0.25, 0.3) is 5.91 Å². The van der Waals surface area contributed by atoms with E-state index in [4.69, 9.17) is 0 Å². The van der Waals surface area contributed by atoms with Gasteiger partial charge in [-0.2, -0.15) is 0 Å². The molecule has 0 spiro atoms. The normalized spacial score (nSPS) is 19.1. The van der Waals surface area contributed by atoms with Gasteiger partial charge < -0.3 is 4.90 Å². The first-order chi connectivity index (χ1) is 9.16. The minimum atomic E-state index is 0.176. The number of hydrogen-bond acceptors (Lipinski definition) is 3. The molecule has 1 saturated heterocycles. The molecule has 5 heteroatoms. The van der Waals surface area contributed by atoms with Crippen molar-refractivity contribution in [2.75, 3.05) is 6.54 Å². The molecule has 0 aromatic carbocycles. The first-order valence-corrected chi connectivity index (χ1v) is 8.76. The van der Waals surface area contributed by atoms with E-state index in [1.807, 2.05) is 17.9 Å². The smallest absolute Gasteiger partial charge is 0.264 e. The van der Waals surface area contributed by atoms with Gasteiger partial charge in [-0.05, 0) is 58.8 Å². The molecule has 1 fully saturated rings. The Balaban J connectivity index is 1.86. The molecule has 0 saturated carbocycles. The van der Waals surface area contributed by atoms with Crippen molar-refractivity contribution < 1.29 is 4.79 Å². The molecule has 3 heterocycles. The van der Waals surface area contributed by atoms with Crippen molar-refractivity contribution >= 4 is 44.5 Å². The lowest BCUT2D eigenvalue weighted by Crippen LogP contribution is -2.29. The fourth-order valence-corrected chi connectivity index (χ4v) is 4.86. The fraction of sp³-hybridized carbons (Fsp3) is 0.357. The maximum Gasteiger partial charge on any atom is 0.264 e. The number of hydrogen-bond donors (Lipinski definition) is 0. The third kappa shape index (κ3) is 2.51. The predicted octanol–water partition coefficient (Wildman–Crippen LogP) is 4.86. The number of likely N-dealkylation sites (tertiary alicyclic amines) is 1. The number of carbonyl (C=O) groups excluding carboxylic acids is 1. The molecule has 1 amide bonds. The van der Waals surface area contributed by atoms with Crippen molar-refractivity contribution in [1.82, 2.24) is 4.90 Å². The van der Waals surface area contributed by atoms with Crippen LogP contribution < -0.4 is 0 Å². The largest absolute Gasteiger partial charge is 0.330 e. The number of amides is 1. The van der Waals surface area contributed by atoms with Gasteiger partial charge in [0, 0.05) is 11.4 Å². The summed E-state index contributed by atoms with van der Waals surface area (Å²) >= 11 is 6.78. The molecule has 19 heavy (non-hydrogen) atoms. The van der Waals surface area contributed by atoms with Crippen LogP contribution in [0.15, 0.2) is 27.4 Å². The van der Waals surface area contributed by atoms with Crippen LogP contribution in [0, 0.1) is 6.92 Å². The molecule has 100 valence electrons. The summed E-state index contributed by atoms with van der Waals surface area (Å²) in [7, 11) is 0. The second-order valence-corrected chi connectivity index (χ2v) is 8.09. The third-order valence-corrected chi connectivity index (χ3v) is 6.55. The van der Waals surface area contributed by atoms with Crippen LogP contribution in [0.2, 0.25) is 0 Å². The molecule has 1 atom stereocenters. The molecule has 2 nitrogen and oxygen atoms in total. The van der Waals surface area contributed by atoms with Gasteiger partial charge in [-0.25, -0.2) is 0 Å². The zero-order valence-electron chi connectivity index (χ0n) is 10.6. The summed E-state index contributed by atoms with van der Waals surface area (Å²) in [6.07, 6.45) is 2.18. The van der Waals surface area contributed by atoms with Gasteiger partial charge in [-0.15, -0.1) is 22.7 Å². The van der Waals surface area contributed by atoms with E-state index in [1.54, 1.807) is 11.3 Å². The summed E-state index contributed by atoms with van der Waals surface area (Å²) in [5.41, 5.74) is 1.14. The molecule has 3 rings (SSSR count). The van der Waals surface area contributed by atoms with Crippen LogP contribution in [-0.2, 0) is 0 Å². The van der Waals surface area contributed by atoms with Crippen molar-refractivity contribution in [3.8, 4) is 0 Å². The van der Waals surface area contributed by atoms with E-state index in [-0.39, 0.29) is 11.9 Å². The maximum absolute atomic E-state index is 12.6. The van der Waals surface area contributed by atoms with Gasteiger partial charge in [0.1, 0.15) is 0 Å². The highest BCUT2D eigenvalue weighted by Crippen LogP contribution is 2.37. The van der Waals surface area contributed by atoms with Crippen LogP contribution in [0.25, 0.3) is 0 Å². The standard InChI is InChI=1S/C14H14BrNOS2/c1-9-8-12(19-13(9)15)14(17)16-6-2-4-10(16)11-5-3-7-18-11/h3,5,7-8,10H,2,4,6H2,1H3. The average molecular weight is 356 g/mol. The molecule has 1 aliphatic rings. The van der Waals surface area contributed by atoms with E-state index in [0.29, 0.717) is 0 Å². The Morgan fingerprint density at radius 3 is 3.00 bits per heavy atom. The summed E-state index contributed by atoms with van der Waals surface area (Å²) in [5.74, 6) is 0.176. The first-order valence-electron chi connectivity index (χ1n) is 6.27. The molecule has 0 N–H and O–H groups in total. The van der Waals surface area contributed by atoms with E-state index in [0.717, 1.165) is 33.6 Å². The molecule has 1 unspecified atom stereocenters. The summed E-state index contributed by atoms with van der Waals surface area (Å²) in [5, 5.41) is 2.09. The SMILES string of the molecule is Cc1cc(C(=O)N2CCCC2c2cccs2)sc1Br. The van der Waals surface area contributed by atoms with Gasteiger partial charge in [0.2, 0.25) is 0 Å². The summed E-state index contributed by atoms with van der Waals surface area (Å²) < 4.78 is 1.06. The van der Waals surface area contributed by atoms with Crippen LogP contribution in [0.5, 0.6) is 0 Å². The molecule has 0 radical (unpaired) electrons. The zero-order chi connectivity index (χ0) is 13.4. The van der Waals surface area contributed by atoms with Gasteiger partial charge in [-0.3, -0.25) is 4.79 Å². The molecule has 2 aromatic heterocycles. The molecule has 1 aliphatic heterocycles. The van der Waals surface area contributed by atoms with E-state index in [1.165, 1.54) is 16.2 Å². The van der Waals surface area contributed by atoms with Crippen molar-refractivity contribution in [3.63, 3.8) is 0 Å². The second kappa shape index (κ2) is 5.38. The quantitative estimate of drug-likeness (QED) is 0.753. The number of carbonyl (C=O) groups is 1. The Morgan fingerprint density at radius 1 is 1.53 bits per heavy atom. The van der Waals surface area contributed by atoms with Crippen LogP contribution in [0.1, 0.15) is 39.0 Å². The maximum atomic E-state index is 12.6. The number of nitrogens with zero attached hydrogens (tertiary/aromatic N) is 1. The van der Waals surface area contributed by atoms with E-state index >= 15 is 0 Å². The van der Waals surface area contributed by atoms with E-state index in [2.05, 4.69) is 33.4 Å². The molecular formula is C14H14BrNOS2. The van der Waals surface area contributed by atoms with E-state index < -0.39 is 0 Å². The van der Waals surface area contributed by atoms with Crippen LogP contribution >= 0.6 is 38.6 Å². The minimum Gasteiger partial charge on any atom is -0.330 e. The zero-order valence-corrected chi connectivity index (χ0v) is 13.8. The Morgan fingerprint density at radius 2 is 2.37 bits per heavy atom. The van der Waals surface area contributed by atoms with Gasteiger partial charge in [0.15, 0.2) is 0 Å². The fourth-order valence-electron chi connectivity index (χ4n) is 2.49. The van der Waals surface area contributed by atoms with Crippen molar-refractivity contribution in [2.45, 2.75) is 25.8 Å². The summed E-state index contributed by atoms with van der Waals surface area (Å²) in [6, 6.07) is 6.46. The Hall–Kier alpha value is -0.650. The Bertz CT molecular complexity index is 571. The Kier molecular flexibility index (Phi) is 3.78. The molecular weight excluding hydrogens is 342 g/mol. The highest BCUT2D eigenvalue weighted by Gasteiger charge is 2.31. The molecule has 0 aliphatic carbocycles. The topological polar surface area (TPSA) is 20.3 Å². The number of thiophene rings is 2. The number of halogens is 1. The van der Waals surface area contributed by atoms with Crippen LogP contribution in [0.4, 0.5) is 0 Å². The first kappa shape index (κ1) is 13.3. The monoisotopic (exact) mass is 355 g/mol. The second-order valence-electron chi connectivity index (χ2n) is 4.74. The summed E-state index contributed by atoms with van der Waals surface area (Å²) in [6.45, 7) is 2.90. The lowest BCUT2D eigenvalue weighted by Gasteiger charge is -2.23. The number of aryl methyl sites for hydroxylation is 1. The minimum absolute atomic E-state index is 0.176. The third-order valence-electron chi connectivity index (χ3n) is 3.45.